The lowest BCUT2D eigenvalue weighted by molar-refractivity contribution is 0.188. The summed E-state index contributed by atoms with van der Waals surface area (Å²) >= 11 is 0. The summed E-state index contributed by atoms with van der Waals surface area (Å²) < 4.78 is 27.5. The van der Waals surface area contributed by atoms with Gasteiger partial charge in [0.15, 0.2) is 0 Å². The van der Waals surface area contributed by atoms with Gasteiger partial charge in [-0.25, -0.2) is 18.1 Å². The summed E-state index contributed by atoms with van der Waals surface area (Å²) in [7, 11) is 0.308. The molecule has 1 aromatic rings. The molecule has 2 unspecified atom stereocenters. The van der Waals surface area contributed by atoms with Gasteiger partial charge in [-0.05, 0) is 38.1 Å². The number of aromatic nitrogens is 1. The van der Waals surface area contributed by atoms with E-state index in [1.54, 1.807) is 19.2 Å². The van der Waals surface area contributed by atoms with Gasteiger partial charge in [-0.3, -0.25) is 0 Å². The molecule has 1 aliphatic rings. The third-order valence-corrected chi connectivity index (χ3v) is 5.19. The van der Waals surface area contributed by atoms with Gasteiger partial charge in [-0.15, -0.1) is 0 Å². The third-order valence-electron chi connectivity index (χ3n) is 3.72. The zero-order chi connectivity index (χ0) is 14.8. The molecule has 2 rings (SSSR count). The lowest BCUT2D eigenvalue weighted by atomic mass is 9.95. The number of anilines is 1. The Kier molecular flexibility index (Phi) is 4.62. The van der Waals surface area contributed by atoms with Crippen molar-refractivity contribution in [1.29, 1.82) is 0 Å². The first-order chi connectivity index (χ1) is 9.42. The van der Waals surface area contributed by atoms with Crippen molar-refractivity contribution in [2.75, 3.05) is 32.5 Å². The topological polar surface area (TPSA) is 74.3 Å². The minimum atomic E-state index is -3.49. The molecule has 0 spiro atoms. The van der Waals surface area contributed by atoms with Crippen molar-refractivity contribution < 1.29 is 8.42 Å². The SMILES string of the molecule is CNc1ccc(S(=O)(=O)NC2CCN(C)CC2C)cn1. The highest BCUT2D eigenvalue weighted by Gasteiger charge is 2.28. The Labute approximate surface area is 120 Å². The second kappa shape index (κ2) is 6.07. The monoisotopic (exact) mass is 298 g/mol. The summed E-state index contributed by atoms with van der Waals surface area (Å²) in [5.74, 6) is 0.949. The number of piperidine rings is 1. The predicted octanol–water partition coefficient (Wildman–Crippen LogP) is 0.742. The number of hydrogen-bond donors (Lipinski definition) is 2. The molecule has 1 saturated heterocycles. The van der Waals surface area contributed by atoms with Gasteiger partial charge < -0.3 is 10.2 Å². The molecule has 0 bridgehead atoms. The first-order valence-corrected chi connectivity index (χ1v) is 8.25. The Morgan fingerprint density at radius 1 is 1.40 bits per heavy atom. The van der Waals surface area contributed by atoms with Gasteiger partial charge in [0.25, 0.3) is 0 Å². The lowest BCUT2D eigenvalue weighted by Gasteiger charge is -2.34. The van der Waals surface area contributed by atoms with Gasteiger partial charge >= 0.3 is 0 Å². The highest BCUT2D eigenvalue weighted by molar-refractivity contribution is 7.89. The number of likely N-dealkylation sites (tertiary alicyclic amines) is 1. The first-order valence-electron chi connectivity index (χ1n) is 6.77. The molecule has 2 N–H and O–H groups in total. The summed E-state index contributed by atoms with van der Waals surface area (Å²) in [6.45, 7) is 3.89. The largest absolute Gasteiger partial charge is 0.373 e. The molecular weight excluding hydrogens is 276 g/mol. The van der Waals surface area contributed by atoms with E-state index < -0.39 is 10.0 Å². The van der Waals surface area contributed by atoms with E-state index in [0.29, 0.717) is 11.7 Å². The molecule has 112 valence electrons. The maximum Gasteiger partial charge on any atom is 0.242 e. The fourth-order valence-corrected chi connectivity index (χ4v) is 3.81. The number of sulfonamides is 1. The second-order valence-corrected chi connectivity index (χ2v) is 7.10. The zero-order valence-corrected chi connectivity index (χ0v) is 12.9. The molecule has 1 fully saturated rings. The minimum Gasteiger partial charge on any atom is -0.373 e. The van der Waals surface area contributed by atoms with Crippen LogP contribution in [-0.4, -0.2) is 51.5 Å². The average molecular weight is 298 g/mol. The summed E-state index contributed by atoms with van der Waals surface area (Å²) in [5, 5.41) is 2.87. The number of rotatable bonds is 4. The Morgan fingerprint density at radius 3 is 2.70 bits per heavy atom. The fourth-order valence-electron chi connectivity index (χ4n) is 2.48. The van der Waals surface area contributed by atoms with Gasteiger partial charge in [0.05, 0.1) is 0 Å². The van der Waals surface area contributed by atoms with E-state index in [0.717, 1.165) is 19.5 Å². The van der Waals surface area contributed by atoms with Crippen LogP contribution in [0.4, 0.5) is 5.82 Å². The number of nitrogens with zero attached hydrogens (tertiary/aromatic N) is 2. The van der Waals surface area contributed by atoms with Crippen LogP contribution in [-0.2, 0) is 10.0 Å². The molecule has 1 aliphatic heterocycles. The third kappa shape index (κ3) is 3.47. The molecular formula is C13H22N4O2S. The summed E-state index contributed by atoms with van der Waals surface area (Å²) in [6.07, 6.45) is 2.21. The molecule has 0 radical (unpaired) electrons. The Morgan fingerprint density at radius 2 is 2.15 bits per heavy atom. The van der Waals surface area contributed by atoms with Crippen LogP contribution in [0.5, 0.6) is 0 Å². The molecule has 2 atom stereocenters. The molecule has 20 heavy (non-hydrogen) atoms. The van der Waals surface area contributed by atoms with Gasteiger partial charge in [0.1, 0.15) is 10.7 Å². The first kappa shape index (κ1) is 15.2. The van der Waals surface area contributed by atoms with Crippen molar-refractivity contribution in [3.05, 3.63) is 18.3 Å². The molecule has 6 nitrogen and oxygen atoms in total. The van der Waals surface area contributed by atoms with Crippen LogP contribution < -0.4 is 10.0 Å². The summed E-state index contributed by atoms with van der Waals surface area (Å²) in [4.78, 5) is 6.48. The zero-order valence-electron chi connectivity index (χ0n) is 12.1. The van der Waals surface area contributed by atoms with E-state index in [-0.39, 0.29) is 10.9 Å². The highest BCUT2D eigenvalue weighted by Crippen LogP contribution is 2.18. The van der Waals surface area contributed by atoms with Gasteiger partial charge in [-0.1, -0.05) is 6.92 Å². The van der Waals surface area contributed by atoms with Crippen LogP contribution in [0.25, 0.3) is 0 Å². The number of hydrogen-bond acceptors (Lipinski definition) is 5. The van der Waals surface area contributed by atoms with Gasteiger partial charge in [-0.2, -0.15) is 0 Å². The van der Waals surface area contributed by atoms with Crippen molar-refractivity contribution in [1.82, 2.24) is 14.6 Å². The normalized spacial score (nSPS) is 24.6. The van der Waals surface area contributed by atoms with E-state index in [9.17, 15) is 8.42 Å². The summed E-state index contributed by atoms with van der Waals surface area (Å²) in [6, 6.07) is 3.22. The van der Waals surface area contributed by atoms with Gasteiger partial charge in [0.2, 0.25) is 10.0 Å². The summed E-state index contributed by atoms with van der Waals surface area (Å²) in [5.41, 5.74) is 0. The molecule has 7 heteroatoms. The van der Waals surface area contributed by atoms with Crippen LogP contribution in [0.2, 0.25) is 0 Å². The standard InChI is InChI=1S/C13H22N4O2S/c1-10-9-17(3)7-6-12(10)16-20(18,19)11-4-5-13(14-2)15-8-11/h4-5,8,10,12,16H,6-7,9H2,1-3H3,(H,14,15). The molecule has 1 aromatic heterocycles. The highest BCUT2D eigenvalue weighted by atomic mass is 32.2. The van der Waals surface area contributed by atoms with Crippen molar-refractivity contribution >= 4 is 15.8 Å². The van der Waals surface area contributed by atoms with Crippen LogP contribution in [0, 0.1) is 5.92 Å². The maximum absolute atomic E-state index is 12.3. The number of pyridine rings is 1. The van der Waals surface area contributed by atoms with E-state index in [2.05, 4.69) is 33.9 Å². The van der Waals surface area contributed by atoms with Crippen molar-refractivity contribution in [2.45, 2.75) is 24.3 Å². The predicted molar refractivity (Wildman–Crippen MR) is 79.2 cm³/mol. The Balaban J connectivity index is 2.10. The van der Waals surface area contributed by atoms with Crippen LogP contribution >= 0.6 is 0 Å². The maximum atomic E-state index is 12.3. The van der Waals surface area contributed by atoms with Crippen LogP contribution in [0.1, 0.15) is 13.3 Å². The van der Waals surface area contributed by atoms with Crippen LogP contribution in [0.3, 0.4) is 0 Å². The molecule has 0 saturated carbocycles. The average Bonchev–Trinajstić information content (AvgIpc) is 2.42. The fraction of sp³-hybridized carbons (Fsp3) is 0.615. The molecule has 0 aromatic carbocycles. The van der Waals surface area contributed by atoms with Crippen LogP contribution in [0.15, 0.2) is 23.2 Å². The molecule has 0 aliphatic carbocycles. The lowest BCUT2D eigenvalue weighted by Crippen LogP contribution is -2.48. The van der Waals surface area contributed by atoms with Crippen molar-refractivity contribution in [3.8, 4) is 0 Å². The minimum absolute atomic E-state index is 0.0137. The smallest absolute Gasteiger partial charge is 0.242 e. The van der Waals surface area contributed by atoms with Crippen molar-refractivity contribution in [2.24, 2.45) is 5.92 Å². The number of nitrogens with one attached hydrogen (secondary N) is 2. The van der Waals surface area contributed by atoms with E-state index in [4.69, 9.17) is 0 Å². The quantitative estimate of drug-likeness (QED) is 0.858. The van der Waals surface area contributed by atoms with E-state index >= 15 is 0 Å². The second-order valence-electron chi connectivity index (χ2n) is 5.39. The van der Waals surface area contributed by atoms with Gasteiger partial charge in [0, 0.05) is 25.8 Å². The molecule has 2 heterocycles. The van der Waals surface area contributed by atoms with E-state index in [1.807, 2.05) is 0 Å². The Bertz CT molecular complexity index is 544. The van der Waals surface area contributed by atoms with E-state index in [1.165, 1.54) is 6.20 Å². The van der Waals surface area contributed by atoms with Crippen molar-refractivity contribution in [3.63, 3.8) is 0 Å². The molecule has 0 amide bonds. The Hall–Kier alpha value is -1.18.